The van der Waals surface area contributed by atoms with Crippen molar-refractivity contribution in [1.82, 2.24) is 10.0 Å². The van der Waals surface area contributed by atoms with Gasteiger partial charge in [-0.1, -0.05) is 0 Å². The second-order valence-electron chi connectivity index (χ2n) is 4.22. The van der Waals surface area contributed by atoms with Crippen molar-refractivity contribution in [2.75, 3.05) is 26.3 Å². The van der Waals surface area contributed by atoms with Crippen LogP contribution in [0.5, 0.6) is 0 Å². The molecule has 0 aromatic rings. The van der Waals surface area contributed by atoms with E-state index < -0.39 is 0 Å². The van der Waals surface area contributed by atoms with Crippen LogP contribution >= 0.6 is 0 Å². The SMILES string of the molecule is CC1CCC(C)N1N1CCOCC1. The number of hydrazine groups is 1. The number of ether oxygens (including phenoxy) is 1. The highest BCUT2D eigenvalue weighted by Crippen LogP contribution is 2.25. The highest BCUT2D eigenvalue weighted by molar-refractivity contribution is 4.81. The minimum absolute atomic E-state index is 0.730. The van der Waals surface area contributed by atoms with E-state index in [1.807, 2.05) is 0 Å². The Morgan fingerprint density at radius 3 is 2.08 bits per heavy atom. The van der Waals surface area contributed by atoms with E-state index in [-0.39, 0.29) is 0 Å². The van der Waals surface area contributed by atoms with Crippen LogP contribution in [-0.2, 0) is 4.74 Å². The van der Waals surface area contributed by atoms with Gasteiger partial charge >= 0.3 is 0 Å². The third kappa shape index (κ3) is 1.87. The Hall–Kier alpha value is -0.120. The lowest BCUT2D eigenvalue weighted by Crippen LogP contribution is -2.52. The predicted octanol–water partition coefficient (Wildman–Crippen LogP) is 1.11. The van der Waals surface area contributed by atoms with Crippen molar-refractivity contribution in [3.8, 4) is 0 Å². The summed E-state index contributed by atoms with van der Waals surface area (Å²) in [5, 5.41) is 5.04. The zero-order chi connectivity index (χ0) is 9.26. The molecule has 2 saturated heterocycles. The number of nitrogens with zero attached hydrogens (tertiary/aromatic N) is 2. The van der Waals surface area contributed by atoms with Crippen molar-refractivity contribution in [3.63, 3.8) is 0 Å². The van der Waals surface area contributed by atoms with Crippen molar-refractivity contribution in [2.24, 2.45) is 0 Å². The van der Waals surface area contributed by atoms with Crippen LogP contribution in [0.15, 0.2) is 0 Å². The van der Waals surface area contributed by atoms with E-state index in [0.29, 0.717) is 0 Å². The van der Waals surface area contributed by atoms with Gasteiger partial charge < -0.3 is 4.74 Å². The van der Waals surface area contributed by atoms with Crippen LogP contribution in [0.2, 0.25) is 0 Å². The van der Waals surface area contributed by atoms with Crippen LogP contribution in [0.1, 0.15) is 26.7 Å². The van der Waals surface area contributed by atoms with Gasteiger partial charge in [-0.15, -0.1) is 0 Å². The van der Waals surface area contributed by atoms with Gasteiger partial charge in [-0.25, -0.2) is 10.0 Å². The first-order valence-corrected chi connectivity index (χ1v) is 5.40. The summed E-state index contributed by atoms with van der Waals surface area (Å²) in [6.07, 6.45) is 2.69. The van der Waals surface area contributed by atoms with Crippen LogP contribution in [-0.4, -0.2) is 48.4 Å². The van der Waals surface area contributed by atoms with Crippen molar-refractivity contribution >= 4 is 0 Å². The summed E-state index contributed by atoms with van der Waals surface area (Å²) in [5.41, 5.74) is 0. The van der Waals surface area contributed by atoms with E-state index >= 15 is 0 Å². The molecule has 3 nitrogen and oxygen atoms in total. The Labute approximate surface area is 80.6 Å². The van der Waals surface area contributed by atoms with Gasteiger partial charge in [0.15, 0.2) is 0 Å². The molecule has 2 aliphatic heterocycles. The lowest BCUT2D eigenvalue weighted by Gasteiger charge is -2.40. The molecule has 2 aliphatic rings. The fourth-order valence-corrected chi connectivity index (χ4v) is 2.52. The lowest BCUT2D eigenvalue weighted by molar-refractivity contribution is -0.111. The minimum Gasteiger partial charge on any atom is -0.379 e. The Morgan fingerprint density at radius 2 is 1.54 bits per heavy atom. The molecule has 2 heterocycles. The molecule has 0 aliphatic carbocycles. The van der Waals surface area contributed by atoms with E-state index in [1.165, 1.54) is 12.8 Å². The summed E-state index contributed by atoms with van der Waals surface area (Å²) in [6, 6.07) is 1.46. The molecule has 2 rings (SSSR count). The quantitative estimate of drug-likeness (QED) is 0.607. The molecular formula is C10H20N2O. The molecule has 13 heavy (non-hydrogen) atoms. The molecule has 0 saturated carbocycles. The van der Waals surface area contributed by atoms with Crippen LogP contribution in [0, 0.1) is 0 Å². The van der Waals surface area contributed by atoms with Crippen LogP contribution in [0.4, 0.5) is 0 Å². The van der Waals surface area contributed by atoms with Gasteiger partial charge in [0.1, 0.15) is 0 Å². The van der Waals surface area contributed by atoms with Crippen molar-refractivity contribution < 1.29 is 4.74 Å². The van der Waals surface area contributed by atoms with E-state index in [9.17, 15) is 0 Å². The highest BCUT2D eigenvalue weighted by Gasteiger charge is 2.32. The second kappa shape index (κ2) is 3.95. The summed E-state index contributed by atoms with van der Waals surface area (Å²) in [7, 11) is 0. The third-order valence-electron chi connectivity index (χ3n) is 3.22. The molecular weight excluding hydrogens is 164 g/mol. The topological polar surface area (TPSA) is 15.7 Å². The molecule has 2 unspecified atom stereocenters. The average Bonchev–Trinajstić information content (AvgIpc) is 2.48. The van der Waals surface area contributed by atoms with E-state index in [1.54, 1.807) is 0 Å². The highest BCUT2D eigenvalue weighted by atomic mass is 16.5. The Morgan fingerprint density at radius 1 is 1.00 bits per heavy atom. The first-order chi connectivity index (χ1) is 6.29. The molecule has 76 valence electrons. The molecule has 0 aromatic carbocycles. The molecule has 3 heteroatoms. The predicted molar refractivity (Wildman–Crippen MR) is 52.4 cm³/mol. The number of rotatable bonds is 1. The first-order valence-electron chi connectivity index (χ1n) is 5.40. The normalized spacial score (nSPS) is 38.3. The fourth-order valence-electron chi connectivity index (χ4n) is 2.52. The zero-order valence-corrected chi connectivity index (χ0v) is 8.70. The van der Waals surface area contributed by atoms with Crippen LogP contribution < -0.4 is 0 Å². The average molecular weight is 184 g/mol. The molecule has 0 bridgehead atoms. The summed E-state index contributed by atoms with van der Waals surface area (Å²) >= 11 is 0. The summed E-state index contributed by atoms with van der Waals surface area (Å²) in [6.45, 7) is 8.62. The molecule has 0 radical (unpaired) electrons. The monoisotopic (exact) mass is 184 g/mol. The Balaban J connectivity index is 1.96. The smallest absolute Gasteiger partial charge is 0.0608 e. The van der Waals surface area contributed by atoms with Crippen LogP contribution in [0.25, 0.3) is 0 Å². The Bertz CT molecular complexity index is 158. The van der Waals surface area contributed by atoms with Gasteiger partial charge in [0.2, 0.25) is 0 Å². The number of hydrogen-bond donors (Lipinski definition) is 0. The fraction of sp³-hybridized carbons (Fsp3) is 1.00. The van der Waals surface area contributed by atoms with Gasteiger partial charge in [-0.2, -0.15) is 0 Å². The first kappa shape index (κ1) is 9.44. The maximum absolute atomic E-state index is 5.36. The largest absolute Gasteiger partial charge is 0.379 e. The van der Waals surface area contributed by atoms with E-state index in [2.05, 4.69) is 23.9 Å². The number of morpholine rings is 1. The summed E-state index contributed by atoms with van der Waals surface area (Å²) in [5.74, 6) is 0. The Kier molecular flexibility index (Phi) is 2.86. The van der Waals surface area contributed by atoms with Crippen molar-refractivity contribution in [3.05, 3.63) is 0 Å². The molecule has 0 aromatic heterocycles. The van der Waals surface area contributed by atoms with Gasteiger partial charge in [0, 0.05) is 25.2 Å². The maximum Gasteiger partial charge on any atom is 0.0608 e. The molecule has 2 fully saturated rings. The van der Waals surface area contributed by atoms with Gasteiger partial charge in [0.05, 0.1) is 13.2 Å². The van der Waals surface area contributed by atoms with Crippen molar-refractivity contribution in [2.45, 2.75) is 38.8 Å². The zero-order valence-electron chi connectivity index (χ0n) is 8.70. The second-order valence-corrected chi connectivity index (χ2v) is 4.22. The molecule has 0 amide bonds. The maximum atomic E-state index is 5.36. The molecule has 2 atom stereocenters. The summed E-state index contributed by atoms with van der Waals surface area (Å²) < 4.78 is 5.36. The van der Waals surface area contributed by atoms with E-state index in [0.717, 1.165) is 38.4 Å². The lowest BCUT2D eigenvalue weighted by atomic mass is 10.2. The molecule has 0 N–H and O–H groups in total. The third-order valence-corrected chi connectivity index (χ3v) is 3.22. The number of hydrogen-bond acceptors (Lipinski definition) is 3. The van der Waals surface area contributed by atoms with E-state index in [4.69, 9.17) is 4.74 Å². The molecule has 0 spiro atoms. The van der Waals surface area contributed by atoms with Crippen LogP contribution in [0.3, 0.4) is 0 Å². The van der Waals surface area contributed by atoms with Gasteiger partial charge in [-0.05, 0) is 26.7 Å². The van der Waals surface area contributed by atoms with Gasteiger partial charge in [0.25, 0.3) is 0 Å². The summed E-state index contributed by atoms with van der Waals surface area (Å²) in [4.78, 5) is 0. The van der Waals surface area contributed by atoms with Crippen molar-refractivity contribution in [1.29, 1.82) is 0 Å². The van der Waals surface area contributed by atoms with Gasteiger partial charge in [-0.3, -0.25) is 0 Å². The standard InChI is InChI=1S/C10H20N2O/c1-9-3-4-10(2)12(9)11-5-7-13-8-6-11/h9-10H,3-8H2,1-2H3. The minimum atomic E-state index is 0.730.